The summed E-state index contributed by atoms with van der Waals surface area (Å²) in [5, 5.41) is 11.1. The quantitative estimate of drug-likeness (QED) is 0.243. The molecule has 1 aromatic heterocycles. The lowest BCUT2D eigenvalue weighted by Crippen LogP contribution is -2.30. The van der Waals surface area contributed by atoms with Gasteiger partial charge in [-0.3, -0.25) is 10.3 Å². The molecule has 4 amide bonds. The summed E-state index contributed by atoms with van der Waals surface area (Å²) in [5.74, 6) is 1.92. The first-order valence-electron chi connectivity index (χ1n) is 10.8. The lowest BCUT2D eigenvalue weighted by molar-refractivity contribution is 0.174. The molecule has 4 rings (SSSR count). The van der Waals surface area contributed by atoms with Gasteiger partial charge >= 0.3 is 12.1 Å². The van der Waals surface area contributed by atoms with E-state index in [-0.39, 0.29) is 25.2 Å². The Balaban J connectivity index is 1.22. The lowest BCUT2D eigenvalue weighted by Gasteiger charge is -2.14. The summed E-state index contributed by atoms with van der Waals surface area (Å²) in [6, 6.07) is 12.1. The molecule has 4 N–H and O–H groups in total. The molecular weight excluding hydrogens is 488 g/mol. The number of hydrogen-bond acceptors (Lipinski definition) is 6. The van der Waals surface area contributed by atoms with Crippen LogP contribution in [-0.2, 0) is 0 Å². The molecule has 184 valence electrons. The van der Waals surface area contributed by atoms with Gasteiger partial charge < -0.3 is 30.2 Å². The third-order valence-electron chi connectivity index (χ3n) is 4.80. The lowest BCUT2D eigenvalue weighted by atomic mass is 10.3. The molecule has 0 radical (unpaired) electrons. The summed E-state index contributed by atoms with van der Waals surface area (Å²) < 4.78 is 16.3. The van der Waals surface area contributed by atoms with Crippen molar-refractivity contribution in [1.29, 1.82) is 0 Å². The van der Waals surface area contributed by atoms with Crippen LogP contribution in [0.15, 0.2) is 54.7 Å². The van der Waals surface area contributed by atoms with Gasteiger partial charge in [-0.25, -0.2) is 14.4 Å². The third-order valence-corrected chi connectivity index (χ3v) is 5.04. The van der Waals surface area contributed by atoms with Crippen LogP contribution < -0.4 is 35.5 Å². The molecule has 2 heterocycles. The zero-order valence-electron chi connectivity index (χ0n) is 18.8. The Morgan fingerprint density at radius 1 is 1.03 bits per heavy atom. The maximum Gasteiger partial charge on any atom is 0.324 e. The molecule has 0 bridgehead atoms. The molecule has 0 atom stereocenters. The molecule has 1 aliphatic rings. The Morgan fingerprint density at radius 3 is 2.69 bits per heavy atom. The number of amides is 4. The van der Waals surface area contributed by atoms with Gasteiger partial charge in [-0.1, -0.05) is 17.7 Å². The Kier molecular flexibility index (Phi) is 7.90. The SMILES string of the molecule is [C-]#[N+]c1ccc(NC(=O)Nc2cc(Cl)ccc2OCCCNC(=O)Nc2ccc3c(c2)OCO3)nc1. The second-order valence-corrected chi connectivity index (χ2v) is 7.82. The number of nitrogens with zero attached hydrogens (tertiary/aromatic N) is 2. The van der Waals surface area contributed by atoms with Crippen LogP contribution in [0.5, 0.6) is 17.2 Å². The van der Waals surface area contributed by atoms with Gasteiger partial charge in [0, 0.05) is 29.5 Å². The number of hydrogen-bond donors (Lipinski definition) is 4. The average molecular weight is 509 g/mol. The number of nitrogens with one attached hydrogen (secondary N) is 4. The highest BCUT2D eigenvalue weighted by atomic mass is 35.5. The van der Waals surface area contributed by atoms with E-state index in [1.54, 1.807) is 42.5 Å². The van der Waals surface area contributed by atoms with Crippen LogP contribution in [0.25, 0.3) is 4.85 Å². The van der Waals surface area contributed by atoms with Gasteiger partial charge in [0.15, 0.2) is 11.5 Å². The second kappa shape index (κ2) is 11.6. The van der Waals surface area contributed by atoms with Gasteiger partial charge in [0.1, 0.15) is 11.6 Å². The molecule has 0 aliphatic carbocycles. The summed E-state index contributed by atoms with van der Waals surface area (Å²) in [5.41, 5.74) is 1.32. The standard InChI is InChI=1S/C24H21ClN6O5/c1-26-17-5-8-22(28-13-17)31-24(33)30-18-11-15(25)3-6-19(18)34-10-2-9-27-23(32)29-16-4-7-20-21(12-16)36-14-35-20/h3-8,11-13H,2,9-10,14H2,(H2,27,29,32)(H2,28,30,31,33). The summed E-state index contributed by atoms with van der Waals surface area (Å²) in [7, 11) is 0. The number of carbonyl (C=O) groups excluding carboxylic acids is 2. The van der Waals surface area contributed by atoms with Crippen LogP contribution in [0.4, 0.5) is 32.5 Å². The summed E-state index contributed by atoms with van der Waals surface area (Å²) >= 11 is 6.07. The smallest absolute Gasteiger partial charge is 0.324 e. The Bertz CT molecular complexity index is 1300. The largest absolute Gasteiger partial charge is 0.491 e. The first kappa shape index (κ1) is 24.4. The van der Waals surface area contributed by atoms with Crippen LogP contribution in [-0.4, -0.2) is 37.0 Å². The number of pyridine rings is 1. The number of urea groups is 2. The van der Waals surface area contributed by atoms with Crippen LogP contribution >= 0.6 is 11.6 Å². The number of ether oxygens (including phenoxy) is 3. The molecule has 0 spiro atoms. The normalized spacial score (nSPS) is 11.2. The predicted molar refractivity (Wildman–Crippen MR) is 134 cm³/mol. The molecule has 11 nitrogen and oxygen atoms in total. The summed E-state index contributed by atoms with van der Waals surface area (Å²) in [6.45, 7) is 7.75. The number of benzene rings is 2. The average Bonchev–Trinajstić information content (AvgIpc) is 3.33. The molecule has 1 aliphatic heterocycles. The number of halogens is 1. The van der Waals surface area contributed by atoms with E-state index in [4.69, 9.17) is 32.4 Å². The zero-order valence-corrected chi connectivity index (χ0v) is 19.6. The Labute approximate surface area is 211 Å². The number of aromatic nitrogens is 1. The highest BCUT2D eigenvalue weighted by Crippen LogP contribution is 2.34. The van der Waals surface area contributed by atoms with E-state index in [2.05, 4.69) is 31.1 Å². The minimum absolute atomic E-state index is 0.162. The van der Waals surface area contributed by atoms with E-state index in [1.807, 2.05) is 0 Å². The highest BCUT2D eigenvalue weighted by molar-refractivity contribution is 6.31. The Morgan fingerprint density at radius 2 is 1.89 bits per heavy atom. The van der Waals surface area contributed by atoms with Crippen molar-refractivity contribution in [2.24, 2.45) is 0 Å². The van der Waals surface area contributed by atoms with Crippen molar-refractivity contribution in [3.8, 4) is 17.2 Å². The first-order chi connectivity index (χ1) is 17.5. The number of fused-ring (bicyclic) bond motifs is 1. The van der Waals surface area contributed by atoms with Gasteiger partial charge in [-0.2, -0.15) is 0 Å². The van der Waals surface area contributed by atoms with Crippen molar-refractivity contribution in [2.75, 3.05) is 35.9 Å². The fourth-order valence-corrected chi connectivity index (χ4v) is 3.30. The minimum Gasteiger partial charge on any atom is -0.491 e. The number of anilines is 3. The molecule has 3 aromatic rings. The van der Waals surface area contributed by atoms with Crippen molar-refractivity contribution in [2.45, 2.75) is 6.42 Å². The van der Waals surface area contributed by atoms with Gasteiger partial charge in [0.05, 0.1) is 18.9 Å². The maximum absolute atomic E-state index is 12.4. The number of rotatable bonds is 8. The fourth-order valence-electron chi connectivity index (χ4n) is 3.13. The van der Waals surface area contributed by atoms with Gasteiger partial charge in [-0.05, 0) is 42.8 Å². The molecule has 36 heavy (non-hydrogen) atoms. The summed E-state index contributed by atoms with van der Waals surface area (Å²) in [6.07, 6.45) is 1.88. The van der Waals surface area contributed by atoms with Gasteiger partial charge in [-0.15, -0.1) is 0 Å². The van der Waals surface area contributed by atoms with E-state index < -0.39 is 6.03 Å². The molecule has 12 heteroatoms. The van der Waals surface area contributed by atoms with E-state index in [0.717, 1.165) is 0 Å². The molecular formula is C24H21ClN6O5. The second-order valence-electron chi connectivity index (χ2n) is 7.38. The van der Waals surface area contributed by atoms with E-state index in [1.165, 1.54) is 12.3 Å². The highest BCUT2D eigenvalue weighted by Gasteiger charge is 2.14. The third kappa shape index (κ3) is 6.68. The minimum atomic E-state index is -0.549. The molecule has 0 saturated carbocycles. The van der Waals surface area contributed by atoms with Crippen LogP contribution in [0, 0.1) is 6.57 Å². The van der Waals surface area contributed by atoms with Crippen molar-refractivity contribution in [1.82, 2.24) is 10.3 Å². The van der Waals surface area contributed by atoms with Crippen molar-refractivity contribution in [3.63, 3.8) is 0 Å². The Hall–Kier alpha value is -4.69. The monoisotopic (exact) mass is 508 g/mol. The topological polar surface area (TPSA) is 127 Å². The molecule has 0 fully saturated rings. The predicted octanol–water partition coefficient (Wildman–Crippen LogP) is 5.25. The van der Waals surface area contributed by atoms with Crippen LogP contribution in [0.3, 0.4) is 0 Å². The van der Waals surface area contributed by atoms with E-state index >= 15 is 0 Å². The number of carbonyl (C=O) groups is 2. The van der Waals surface area contributed by atoms with Crippen molar-refractivity contribution < 1.29 is 23.8 Å². The van der Waals surface area contributed by atoms with Crippen LogP contribution in [0.1, 0.15) is 6.42 Å². The fraction of sp³-hybridized carbons (Fsp3) is 0.167. The molecule has 0 unspecified atom stereocenters. The van der Waals surface area contributed by atoms with Gasteiger partial charge in [0.25, 0.3) is 0 Å². The van der Waals surface area contributed by atoms with Crippen molar-refractivity contribution in [3.05, 3.63) is 71.2 Å². The van der Waals surface area contributed by atoms with E-state index in [9.17, 15) is 9.59 Å². The first-order valence-corrected chi connectivity index (χ1v) is 11.2. The molecule has 0 saturated heterocycles. The molecule has 2 aromatic carbocycles. The van der Waals surface area contributed by atoms with Crippen LogP contribution in [0.2, 0.25) is 5.02 Å². The maximum atomic E-state index is 12.4. The summed E-state index contributed by atoms with van der Waals surface area (Å²) in [4.78, 5) is 31.7. The zero-order chi connectivity index (χ0) is 25.3. The van der Waals surface area contributed by atoms with Crippen molar-refractivity contribution >= 4 is 46.5 Å². The van der Waals surface area contributed by atoms with Gasteiger partial charge in [0.2, 0.25) is 12.5 Å². The van der Waals surface area contributed by atoms with E-state index in [0.29, 0.717) is 52.3 Å².